The number of alkyl halides is 1. The highest BCUT2D eigenvalue weighted by atomic mass is 19.1. The molecule has 3 atom stereocenters. The van der Waals surface area contributed by atoms with Crippen molar-refractivity contribution in [3.8, 4) is 22.4 Å². The lowest BCUT2D eigenvalue weighted by Crippen LogP contribution is -2.42. The zero-order chi connectivity index (χ0) is 23.5. The van der Waals surface area contributed by atoms with Crippen molar-refractivity contribution in [2.24, 2.45) is 0 Å². The van der Waals surface area contributed by atoms with Gasteiger partial charge in [0.1, 0.15) is 5.82 Å². The summed E-state index contributed by atoms with van der Waals surface area (Å²) in [5.74, 6) is -0.972. The summed E-state index contributed by atoms with van der Waals surface area (Å²) in [5, 5.41) is 9.82. The molecule has 4 rings (SSSR count). The van der Waals surface area contributed by atoms with Crippen LogP contribution in [0.1, 0.15) is 37.4 Å². The maximum absolute atomic E-state index is 14.5. The van der Waals surface area contributed by atoms with E-state index in [9.17, 15) is 18.7 Å². The molecule has 4 nitrogen and oxygen atoms in total. The van der Waals surface area contributed by atoms with Crippen LogP contribution in [0.3, 0.4) is 0 Å². The maximum atomic E-state index is 14.5. The fourth-order valence-electron chi connectivity index (χ4n) is 3.92. The van der Waals surface area contributed by atoms with Crippen LogP contribution in [0.2, 0.25) is 0 Å². The molecule has 1 N–H and O–H groups in total. The Bertz CT molecular complexity index is 1160. The van der Waals surface area contributed by atoms with Crippen LogP contribution in [0, 0.1) is 5.82 Å². The lowest BCUT2D eigenvalue weighted by molar-refractivity contribution is -0.164. The highest BCUT2D eigenvalue weighted by molar-refractivity contribution is 5.81. The number of cyclic esters (lactones) is 1. The second-order valence-electron chi connectivity index (χ2n) is 8.41. The van der Waals surface area contributed by atoms with E-state index in [1.165, 1.54) is 18.2 Å². The van der Waals surface area contributed by atoms with Crippen molar-refractivity contribution in [1.29, 1.82) is 0 Å². The molecule has 33 heavy (non-hydrogen) atoms. The molecule has 0 bridgehead atoms. The van der Waals surface area contributed by atoms with E-state index in [-0.39, 0.29) is 18.2 Å². The Balaban J connectivity index is 1.87. The number of benzene rings is 2. The number of aliphatic hydroxyl groups is 1. The molecule has 1 saturated heterocycles. The van der Waals surface area contributed by atoms with Crippen molar-refractivity contribution in [1.82, 2.24) is 4.98 Å². The van der Waals surface area contributed by atoms with Crippen LogP contribution in [0.25, 0.3) is 28.5 Å². The lowest BCUT2D eigenvalue weighted by Gasteiger charge is -2.27. The molecule has 1 aliphatic rings. The number of hydrogen-bond acceptors (Lipinski definition) is 4. The van der Waals surface area contributed by atoms with Crippen LogP contribution in [-0.4, -0.2) is 34.4 Å². The van der Waals surface area contributed by atoms with Gasteiger partial charge < -0.3 is 9.84 Å². The Morgan fingerprint density at radius 1 is 1.09 bits per heavy atom. The third-order valence-electron chi connectivity index (χ3n) is 5.64. The molecule has 0 radical (unpaired) electrons. The number of hydrogen-bond donors (Lipinski definition) is 1. The van der Waals surface area contributed by atoms with Crippen LogP contribution in [0.4, 0.5) is 8.78 Å². The standard InChI is InChI=1S/C27H25F2NO3/c1-16(2)27-20(12-13-24-26(29)23(31)15-25(32)33-24)21(17-8-10-19(28)11-9-17)14-22(30-27)18-6-4-3-5-7-18/h3-14,16,23-24,26,31H,15H2,1-2H3/b13-12+/t23-,24+,26+/m0/s1. The number of pyridine rings is 1. The molecule has 0 spiro atoms. The molecule has 0 aliphatic carbocycles. The Morgan fingerprint density at radius 3 is 2.45 bits per heavy atom. The van der Waals surface area contributed by atoms with E-state index in [4.69, 9.17) is 9.72 Å². The van der Waals surface area contributed by atoms with Crippen molar-refractivity contribution >= 4 is 12.0 Å². The van der Waals surface area contributed by atoms with E-state index in [0.717, 1.165) is 33.6 Å². The van der Waals surface area contributed by atoms with Crippen LogP contribution < -0.4 is 0 Å². The average Bonchev–Trinajstić information content (AvgIpc) is 2.81. The van der Waals surface area contributed by atoms with Crippen molar-refractivity contribution in [3.05, 3.63) is 83.8 Å². The van der Waals surface area contributed by atoms with E-state index in [1.54, 1.807) is 18.2 Å². The number of rotatable bonds is 5. The monoisotopic (exact) mass is 449 g/mol. The summed E-state index contributed by atoms with van der Waals surface area (Å²) in [5.41, 5.74) is 4.76. The van der Waals surface area contributed by atoms with Gasteiger partial charge in [-0.25, -0.2) is 8.78 Å². The second-order valence-corrected chi connectivity index (χ2v) is 8.41. The number of aromatic nitrogens is 1. The molecule has 0 saturated carbocycles. The first-order chi connectivity index (χ1) is 15.8. The molecule has 1 aliphatic heterocycles. The van der Waals surface area contributed by atoms with Gasteiger partial charge in [-0.2, -0.15) is 0 Å². The molecule has 170 valence electrons. The van der Waals surface area contributed by atoms with Gasteiger partial charge in [-0.3, -0.25) is 9.78 Å². The summed E-state index contributed by atoms with van der Waals surface area (Å²) in [6.45, 7) is 4.01. The fraction of sp³-hybridized carbons (Fsp3) is 0.259. The first kappa shape index (κ1) is 22.8. The third-order valence-corrected chi connectivity index (χ3v) is 5.64. The van der Waals surface area contributed by atoms with E-state index in [0.29, 0.717) is 0 Å². The summed E-state index contributed by atoms with van der Waals surface area (Å²) < 4.78 is 33.2. The molecule has 0 unspecified atom stereocenters. The van der Waals surface area contributed by atoms with E-state index < -0.39 is 24.3 Å². The molecule has 2 aromatic carbocycles. The number of carbonyl (C=O) groups is 1. The maximum Gasteiger partial charge on any atom is 0.309 e. The van der Waals surface area contributed by atoms with Crippen molar-refractivity contribution in [3.63, 3.8) is 0 Å². The average molecular weight is 449 g/mol. The quantitative estimate of drug-likeness (QED) is 0.507. The Hall–Kier alpha value is -3.38. The number of nitrogens with zero attached hydrogens (tertiary/aromatic N) is 1. The minimum Gasteiger partial charge on any atom is -0.455 e. The number of halogens is 2. The van der Waals surface area contributed by atoms with Crippen LogP contribution in [0.5, 0.6) is 0 Å². The topological polar surface area (TPSA) is 59.4 Å². The van der Waals surface area contributed by atoms with Gasteiger partial charge >= 0.3 is 5.97 Å². The summed E-state index contributed by atoms with van der Waals surface area (Å²) in [6.07, 6.45) is -1.55. The minimum atomic E-state index is -1.72. The van der Waals surface area contributed by atoms with Crippen molar-refractivity contribution in [2.45, 2.75) is 44.6 Å². The highest BCUT2D eigenvalue weighted by Crippen LogP contribution is 2.35. The zero-order valence-corrected chi connectivity index (χ0v) is 18.4. The zero-order valence-electron chi connectivity index (χ0n) is 18.4. The van der Waals surface area contributed by atoms with Crippen LogP contribution >= 0.6 is 0 Å². The van der Waals surface area contributed by atoms with Gasteiger partial charge in [-0.05, 0) is 41.3 Å². The van der Waals surface area contributed by atoms with Crippen LogP contribution in [0.15, 0.2) is 66.7 Å². The van der Waals surface area contributed by atoms with E-state index in [2.05, 4.69) is 0 Å². The highest BCUT2D eigenvalue weighted by Gasteiger charge is 2.36. The molecule has 1 fully saturated rings. The van der Waals surface area contributed by atoms with Gasteiger partial charge in [0.2, 0.25) is 0 Å². The van der Waals surface area contributed by atoms with Gasteiger partial charge in [0, 0.05) is 11.1 Å². The SMILES string of the molecule is CC(C)c1nc(-c2ccccc2)cc(-c2ccc(F)cc2)c1/C=C/[C@H]1OC(=O)C[C@H](O)[C@H]1F. The molecule has 3 aromatic rings. The predicted molar refractivity (Wildman–Crippen MR) is 124 cm³/mol. The predicted octanol–water partition coefficient (Wildman–Crippen LogP) is 5.71. The summed E-state index contributed by atoms with van der Waals surface area (Å²) >= 11 is 0. The molecule has 0 amide bonds. The first-order valence-corrected chi connectivity index (χ1v) is 10.9. The minimum absolute atomic E-state index is 0.0215. The van der Waals surface area contributed by atoms with Gasteiger partial charge in [-0.1, -0.05) is 62.4 Å². The van der Waals surface area contributed by atoms with E-state index >= 15 is 0 Å². The summed E-state index contributed by atoms with van der Waals surface area (Å²) in [4.78, 5) is 16.6. The first-order valence-electron chi connectivity index (χ1n) is 10.9. The number of esters is 1. The number of aliphatic hydroxyl groups excluding tert-OH is 1. The largest absolute Gasteiger partial charge is 0.455 e. The third kappa shape index (κ3) is 5.01. The smallest absolute Gasteiger partial charge is 0.309 e. The lowest BCUT2D eigenvalue weighted by atomic mass is 9.91. The normalized spacial score (nSPS) is 20.9. The second kappa shape index (κ2) is 9.63. The van der Waals surface area contributed by atoms with Gasteiger partial charge in [0.25, 0.3) is 0 Å². The fourth-order valence-corrected chi connectivity index (χ4v) is 3.92. The molecular weight excluding hydrogens is 424 g/mol. The number of carbonyl (C=O) groups excluding carboxylic acids is 1. The number of ether oxygens (including phenoxy) is 1. The Labute approximate surface area is 191 Å². The van der Waals surface area contributed by atoms with Crippen molar-refractivity contribution in [2.75, 3.05) is 0 Å². The molecule has 2 heterocycles. The van der Waals surface area contributed by atoms with Gasteiger partial charge in [0.15, 0.2) is 12.3 Å². The van der Waals surface area contributed by atoms with E-state index in [1.807, 2.05) is 50.2 Å². The van der Waals surface area contributed by atoms with Crippen molar-refractivity contribution < 1.29 is 23.4 Å². The van der Waals surface area contributed by atoms with Gasteiger partial charge in [0.05, 0.1) is 23.9 Å². The van der Waals surface area contributed by atoms with Gasteiger partial charge in [-0.15, -0.1) is 0 Å². The molecule has 1 aromatic heterocycles. The Morgan fingerprint density at radius 2 is 1.79 bits per heavy atom. The molecular formula is C27H25F2NO3. The Kier molecular flexibility index (Phi) is 6.65. The molecule has 6 heteroatoms. The summed E-state index contributed by atoms with van der Waals surface area (Å²) in [6, 6.07) is 17.8. The summed E-state index contributed by atoms with van der Waals surface area (Å²) in [7, 11) is 0. The van der Waals surface area contributed by atoms with Crippen LogP contribution in [-0.2, 0) is 9.53 Å².